The number of hydrogen-bond donors (Lipinski definition) is 1. The van der Waals surface area contributed by atoms with E-state index in [-0.39, 0.29) is 0 Å². The molecule has 0 aliphatic rings. The second-order valence-corrected chi connectivity index (χ2v) is 6.17. The molecule has 2 aromatic heterocycles. The van der Waals surface area contributed by atoms with Crippen LogP contribution in [0.4, 0.5) is 0 Å². The third-order valence-corrected chi connectivity index (χ3v) is 4.22. The summed E-state index contributed by atoms with van der Waals surface area (Å²) in [6.45, 7) is 2.86. The van der Waals surface area contributed by atoms with Crippen LogP contribution in [0.5, 0.6) is 5.75 Å². The Morgan fingerprint density at radius 3 is 2.79 bits per heavy atom. The Kier molecular flexibility index (Phi) is 5.49. The minimum atomic E-state index is 0.408. The van der Waals surface area contributed by atoms with Gasteiger partial charge in [-0.1, -0.05) is 30.3 Å². The van der Waals surface area contributed by atoms with Gasteiger partial charge in [-0.05, 0) is 44.5 Å². The minimum absolute atomic E-state index is 0.408. The summed E-state index contributed by atoms with van der Waals surface area (Å²) in [5.74, 6) is 0.855. The van der Waals surface area contributed by atoms with E-state index >= 15 is 0 Å². The Morgan fingerprint density at radius 1 is 1.17 bits per heavy atom. The molecule has 1 unspecified atom stereocenters. The van der Waals surface area contributed by atoms with Gasteiger partial charge in [0.15, 0.2) is 11.4 Å². The van der Waals surface area contributed by atoms with Crippen molar-refractivity contribution >= 4 is 5.65 Å². The van der Waals surface area contributed by atoms with Gasteiger partial charge in [-0.2, -0.15) is 0 Å². The first kappa shape index (κ1) is 16.5. The zero-order valence-electron chi connectivity index (χ0n) is 14.4. The maximum Gasteiger partial charge on any atom is 0.179 e. The van der Waals surface area contributed by atoms with Gasteiger partial charge in [-0.3, -0.25) is 0 Å². The van der Waals surface area contributed by atoms with Crippen molar-refractivity contribution in [1.29, 1.82) is 0 Å². The molecule has 0 aliphatic heterocycles. The molecule has 2 heterocycles. The molecule has 0 fully saturated rings. The molecule has 0 spiro atoms. The fourth-order valence-corrected chi connectivity index (χ4v) is 2.77. The molecule has 4 heteroatoms. The van der Waals surface area contributed by atoms with Gasteiger partial charge >= 0.3 is 0 Å². The summed E-state index contributed by atoms with van der Waals surface area (Å²) in [6, 6.07) is 14.9. The molecule has 1 aromatic carbocycles. The second-order valence-electron chi connectivity index (χ2n) is 6.17. The molecule has 3 aromatic rings. The highest BCUT2D eigenvalue weighted by atomic mass is 16.5. The van der Waals surface area contributed by atoms with Crippen molar-refractivity contribution in [3.8, 4) is 5.75 Å². The largest absolute Gasteiger partial charge is 0.490 e. The number of benzene rings is 1. The number of imidazole rings is 1. The topological polar surface area (TPSA) is 38.6 Å². The summed E-state index contributed by atoms with van der Waals surface area (Å²) in [4.78, 5) is 4.74. The predicted molar refractivity (Wildman–Crippen MR) is 97.7 cm³/mol. The molecule has 24 heavy (non-hydrogen) atoms. The summed E-state index contributed by atoms with van der Waals surface area (Å²) in [5.41, 5.74) is 3.33. The van der Waals surface area contributed by atoms with Crippen molar-refractivity contribution in [1.82, 2.24) is 14.7 Å². The van der Waals surface area contributed by atoms with Crippen LogP contribution in [0.2, 0.25) is 0 Å². The van der Waals surface area contributed by atoms with Gasteiger partial charge in [0.2, 0.25) is 0 Å². The van der Waals surface area contributed by atoms with Gasteiger partial charge in [0.05, 0.1) is 12.3 Å². The normalized spacial score (nSPS) is 12.4. The lowest BCUT2D eigenvalue weighted by Gasteiger charge is -2.07. The molecule has 0 saturated heterocycles. The first-order chi connectivity index (χ1) is 11.8. The Morgan fingerprint density at radius 2 is 2.00 bits per heavy atom. The standard InChI is InChI=1S/C20H25N3O/c1-16(21-2)14-18-15-23-12-6-11-19(20(23)22-18)24-13-7-10-17-8-4-3-5-9-17/h3-6,8-9,11-12,15-16,21H,7,10,13-14H2,1-2H3. The van der Waals surface area contributed by atoms with Crippen LogP contribution >= 0.6 is 0 Å². The maximum absolute atomic E-state index is 5.99. The number of likely N-dealkylation sites (N-methyl/N-ethyl adjacent to an activating group) is 1. The Labute approximate surface area is 143 Å². The number of pyridine rings is 1. The zero-order chi connectivity index (χ0) is 16.8. The number of aromatic nitrogens is 2. The molecular formula is C20H25N3O. The van der Waals surface area contributed by atoms with E-state index in [1.54, 1.807) is 0 Å². The van der Waals surface area contributed by atoms with Crippen LogP contribution in [-0.2, 0) is 12.8 Å². The van der Waals surface area contributed by atoms with Crippen LogP contribution in [0.3, 0.4) is 0 Å². The van der Waals surface area contributed by atoms with Crippen LogP contribution in [0.1, 0.15) is 24.6 Å². The van der Waals surface area contributed by atoms with Crippen molar-refractivity contribution in [3.63, 3.8) is 0 Å². The van der Waals surface area contributed by atoms with E-state index in [2.05, 4.69) is 42.7 Å². The van der Waals surface area contributed by atoms with Gasteiger partial charge in [-0.15, -0.1) is 0 Å². The Bertz CT molecular complexity index is 767. The lowest BCUT2D eigenvalue weighted by atomic mass is 10.1. The lowest BCUT2D eigenvalue weighted by molar-refractivity contribution is 0.313. The summed E-state index contributed by atoms with van der Waals surface area (Å²) < 4.78 is 8.03. The van der Waals surface area contributed by atoms with E-state index in [1.165, 1.54) is 5.56 Å². The minimum Gasteiger partial charge on any atom is -0.490 e. The predicted octanol–water partition coefficient (Wildman–Crippen LogP) is 3.50. The summed E-state index contributed by atoms with van der Waals surface area (Å²) in [6.07, 6.45) is 7.04. The summed E-state index contributed by atoms with van der Waals surface area (Å²) in [5, 5.41) is 3.25. The van der Waals surface area contributed by atoms with Crippen LogP contribution in [-0.4, -0.2) is 29.1 Å². The van der Waals surface area contributed by atoms with Crippen LogP contribution in [0.15, 0.2) is 54.9 Å². The van der Waals surface area contributed by atoms with Crippen LogP contribution < -0.4 is 10.1 Å². The third-order valence-electron chi connectivity index (χ3n) is 4.22. The van der Waals surface area contributed by atoms with Crippen LogP contribution in [0, 0.1) is 0 Å². The molecule has 1 N–H and O–H groups in total. The zero-order valence-corrected chi connectivity index (χ0v) is 14.4. The number of nitrogens with one attached hydrogen (secondary N) is 1. The van der Waals surface area contributed by atoms with Gasteiger partial charge in [0.25, 0.3) is 0 Å². The fraction of sp³-hybridized carbons (Fsp3) is 0.350. The van der Waals surface area contributed by atoms with Crippen molar-refractivity contribution < 1.29 is 4.74 Å². The number of rotatable bonds is 8. The van der Waals surface area contributed by atoms with Crippen molar-refractivity contribution in [2.24, 2.45) is 0 Å². The molecule has 0 amide bonds. The van der Waals surface area contributed by atoms with E-state index in [0.717, 1.165) is 36.4 Å². The van der Waals surface area contributed by atoms with E-state index < -0.39 is 0 Å². The van der Waals surface area contributed by atoms with E-state index in [9.17, 15) is 0 Å². The molecule has 1 atom stereocenters. The molecule has 0 bridgehead atoms. The smallest absolute Gasteiger partial charge is 0.179 e. The molecule has 0 saturated carbocycles. The SMILES string of the molecule is CNC(C)Cc1cn2cccc(OCCCc3ccccc3)c2n1. The second kappa shape index (κ2) is 7.97. The number of fused-ring (bicyclic) bond motifs is 1. The van der Waals surface area contributed by atoms with Gasteiger partial charge in [0.1, 0.15) is 0 Å². The first-order valence-electron chi connectivity index (χ1n) is 8.57. The Hall–Kier alpha value is -2.33. The highest BCUT2D eigenvalue weighted by Gasteiger charge is 2.09. The van der Waals surface area contributed by atoms with E-state index in [4.69, 9.17) is 9.72 Å². The molecule has 0 radical (unpaired) electrons. The number of nitrogens with zero attached hydrogens (tertiary/aromatic N) is 2. The average Bonchev–Trinajstić information content (AvgIpc) is 3.02. The molecular weight excluding hydrogens is 298 g/mol. The monoisotopic (exact) mass is 323 g/mol. The highest BCUT2D eigenvalue weighted by Crippen LogP contribution is 2.20. The average molecular weight is 323 g/mol. The number of aryl methyl sites for hydroxylation is 1. The maximum atomic E-state index is 5.99. The van der Waals surface area contributed by atoms with Gasteiger partial charge < -0.3 is 14.5 Å². The van der Waals surface area contributed by atoms with Gasteiger partial charge in [-0.25, -0.2) is 4.98 Å². The summed E-state index contributed by atoms with van der Waals surface area (Å²) >= 11 is 0. The molecule has 4 nitrogen and oxygen atoms in total. The summed E-state index contributed by atoms with van der Waals surface area (Å²) in [7, 11) is 1.97. The molecule has 3 rings (SSSR count). The van der Waals surface area contributed by atoms with Gasteiger partial charge in [0, 0.05) is 24.9 Å². The number of hydrogen-bond acceptors (Lipinski definition) is 3. The quantitative estimate of drug-likeness (QED) is 0.645. The third kappa shape index (κ3) is 4.15. The first-order valence-corrected chi connectivity index (χ1v) is 8.57. The Balaban J connectivity index is 1.61. The van der Waals surface area contributed by atoms with E-state index in [0.29, 0.717) is 12.6 Å². The highest BCUT2D eigenvalue weighted by molar-refractivity contribution is 5.54. The fourth-order valence-electron chi connectivity index (χ4n) is 2.77. The van der Waals surface area contributed by atoms with Crippen molar-refractivity contribution in [3.05, 3.63) is 66.1 Å². The van der Waals surface area contributed by atoms with E-state index in [1.807, 2.05) is 35.8 Å². The van der Waals surface area contributed by atoms with Crippen molar-refractivity contribution in [2.45, 2.75) is 32.2 Å². The lowest BCUT2D eigenvalue weighted by Crippen LogP contribution is -2.23. The molecule has 126 valence electrons. The molecule has 0 aliphatic carbocycles. The van der Waals surface area contributed by atoms with Crippen molar-refractivity contribution in [2.75, 3.05) is 13.7 Å². The number of ether oxygens (including phenoxy) is 1. The van der Waals surface area contributed by atoms with Crippen LogP contribution in [0.25, 0.3) is 5.65 Å².